The normalized spacial score (nSPS) is 10.2. The lowest BCUT2D eigenvalue weighted by molar-refractivity contribution is 0.341. The van der Waals surface area contributed by atoms with Crippen molar-refractivity contribution in [1.82, 2.24) is 4.98 Å². The van der Waals surface area contributed by atoms with Crippen molar-refractivity contribution >= 4 is 23.6 Å². The first-order chi connectivity index (χ1) is 7.31. The molecule has 2 aromatic rings. The zero-order valence-corrected chi connectivity index (χ0v) is 9.95. The summed E-state index contributed by atoms with van der Waals surface area (Å²) in [7, 11) is 0. The first-order valence-electron chi connectivity index (χ1n) is 4.71. The van der Waals surface area contributed by atoms with Gasteiger partial charge in [0.25, 0.3) is 0 Å². The average Bonchev–Trinajstić information content (AvgIpc) is 2.66. The fourth-order valence-corrected chi connectivity index (χ4v) is 2.22. The number of aromatic amines is 1. The van der Waals surface area contributed by atoms with E-state index in [1.54, 1.807) is 0 Å². The Bertz CT molecular complexity index is 501. The van der Waals surface area contributed by atoms with Crippen LogP contribution in [0.25, 0.3) is 11.3 Å². The summed E-state index contributed by atoms with van der Waals surface area (Å²) in [6.07, 6.45) is 0. The fraction of sp³-hybridized carbons (Fsp3) is 0.182. The van der Waals surface area contributed by atoms with Crippen LogP contribution in [0, 0.1) is 3.95 Å². The van der Waals surface area contributed by atoms with Crippen molar-refractivity contribution in [2.45, 2.75) is 6.92 Å². The van der Waals surface area contributed by atoms with E-state index < -0.39 is 0 Å². The number of rotatable bonds is 3. The highest BCUT2D eigenvalue weighted by molar-refractivity contribution is 7.73. The Hall–Kier alpha value is -1.13. The van der Waals surface area contributed by atoms with Crippen LogP contribution in [-0.2, 0) is 0 Å². The third kappa shape index (κ3) is 2.27. The molecule has 0 aliphatic rings. The molecular weight excluding hydrogens is 226 g/mol. The van der Waals surface area contributed by atoms with Gasteiger partial charge in [0, 0.05) is 10.9 Å². The van der Waals surface area contributed by atoms with E-state index in [-0.39, 0.29) is 0 Å². The Morgan fingerprint density at radius 2 is 2.20 bits per heavy atom. The number of H-pyrrole nitrogens is 1. The van der Waals surface area contributed by atoms with Crippen LogP contribution in [0.3, 0.4) is 0 Å². The van der Waals surface area contributed by atoms with Crippen molar-refractivity contribution in [2.75, 3.05) is 6.61 Å². The van der Waals surface area contributed by atoms with Crippen molar-refractivity contribution in [3.63, 3.8) is 0 Å². The molecule has 0 aliphatic heterocycles. The van der Waals surface area contributed by atoms with E-state index in [0.717, 1.165) is 21.0 Å². The van der Waals surface area contributed by atoms with Gasteiger partial charge in [-0.3, -0.25) is 0 Å². The average molecular weight is 237 g/mol. The Labute approximate surface area is 97.6 Å². The lowest BCUT2D eigenvalue weighted by Crippen LogP contribution is -1.93. The zero-order chi connectivity index (χ0) is 10.7. The smallest absolute Gasteiger partial charge is 0.158 e. The van der Waals surface area contributed by atoms with Crippen LogP contribution in [0.2, 0.25) is 0 Å². The van der Waals surface area contributed by atoms with Gasteiger partial charge in [0.15, 0.2) is 3.95 Å². The molecule has 0 fully saturated rings. The van der Waals surface area contributed by atoms with Gasteiger partial charge in [-0.05, 0) is 31.3 Å². The number of aromatic nitrogens is 1. The molecule has 0 spiro atoms. The maximum absolute atomic E-state index is 5.55. The second-order valence-corrected chi connectivity index (χ2v) is 4.54. The van der Waals surface area contributed by atoms with Crippen LogP contribution >= 0.6 is 23.6 Å². The highest BCUT2D eigenvalue weighted by atomic mass is 32.1. The van der Waals surface area contributed by atoms with E-state index in [4.69, 9.17) is 17.0 Å². The number of thiazole rings is 1. The highest BCUT2D eigenvalue weighted by Gasteiger charge is 2.05. The van der Waals surface area contributed by atoms with Crippen molar-refractivity contribution in [1.29, 1.82) is 0 Å². The van der Waals surface area contributed by atoms with E-state index in [1.807, 2.05) is 36.6 Å². The summed E-state index contributed by atoms with van der Waals surface area (Å²) in [5.41, 5.74) is 2.08. The third-order valence-electron chi connectivity index (χ3n) is 2.00. The predicted molar refractivity (Wildman–Crippen MR) is 66.1 cm³/mol. The van der Waals surface area contributed by atoms with Crippen LogP contribution < -0.4 is 4.74 Å². The molecule has 15 heavy (non-hydrogen) atoms. The highest BCUT2D eigenvalue weighted by Crippen LogP contribution is 2.29. The number of hydrogen-bond acceptors (Lipinski definition) is 3. The molecule has 0 aliphatic carbocycles. The minimum Gasteiger partial charge on any atom is -0.493 e. The molecule has 0 radical (unpaired) electrons. The first-order valence-corrected chi connectivity index (χ1v) is 6.00. The van der Waals surface area contributed by atoms with Crippen LogP contribution in [0.5, 0.6) is 5.75 Å². The Morgan fingerprint density at radius 3 is 2.87 bits per heavy atom. The van der Waals surface area contributed by atoms with E-state index in [0.29, 0.717) is 6.61 Å². The van der Waals surface area contributed by atoms with Crippen LogP contribution in [0.4, 0.5) is 0 Å². The van der Waals surface area contributed by atoms with Gasteiger partial charge >= 0.3 is 0 Å². The number of nitrogens with one attached hydrogen (secondary N) is 1. The monoisotopic (exact) mass is 237 g/mol. The van der Waals surface area contributed by atoms with Gasteiger partial charge in [0.2, 0.25) is 0 Å². The molecule has 1 aromatic carbocycles. The van der Waals surface area contributed by atoms with E-state index in [1.165, 1.54) is 11.3 Å². The van der Waals surface area contributed by atoms with Crippen molar-refractivity contribution < 1.29 is 4.74 Å². The Kier molecular flexibility index (Phi) is 3.18. The van der Waals surface area contributed by atoms with Crippen molar-refractivity contribution in [3.8, 4) is 17.0 Å². The summed E-state index contributed by atoms with van der Waals surface area (Å²) in [6.45, 7) is 2.65. The van der Waals surface area contributed by atoms with Gasteiger partial charge < -0.3 is 9.72 Å². The van der Waals surface area contributed by atoms with Gasteiger partial charge in [0.1, 0.15) is 5.75 Å². The molecule has 1 aromatic heterocycles. The van der Waals surface area contributed by atoms with Gasteiger partial charge in [-0.25, -0.2) is 0 Å². The van der Waals surface area contributed by atoms with Crippen molar-refractivity contribution in [3.05, 3.63) is 33.6 Å². The third-order valence-corrected chi connectivity index (χ3v) is 3.06. The molecule has 0 unspecified atom stereocenters. The zero-order valence-electron chi connectivity index (χ0n) is 8.32. The van der Waals surface area contributed by atoms with Crippen molar-refractivity contribution in [2.24, 2.45) is 0 Å². The second-order valence-electron chi connectivity index (χ2n) is 2.99. The number of benzene rings is 1. The molecule has 0 amide bonds. The topological polar surface area (TPSA) is 25.0 Å². The Morgan fingerprint density at radius 1 is 1.40 bits per heavy atom. The number of para-hydroxylation sites is 1. The minimum atomic E-state index is 0.669. The largest absolute Gasteiger partial charge is 0.493 e. The lowest BCUT2D eigenvalue weighted by atomic mass is 10.1. The SMILES string of the molecule is CCOc1ccccc1-c1csc(=S)[nH]1. The van der Waals surface area contributed by atoms with E-state index in [2.05, 4.69) is 4.98 Å². The summed E-state index contributed by atoms with van der Waals surface area (Å²) in [5, 5.41) is 2.01. The van der Waals surface area contributed by atoms with E-state index >= 15 is 0 Å². The minimum absolute atomic E-state index is 0.669. The molecule has 0 saturated heterocycles. The first kappa shape index (κ1) is 10.4. The van der Waals surface area contributed by atoms with Crippen LogP contribution in [0.15, 0.2) is 29.6 Å². The molecule has 0 saturated carbocycles. The fourth-order valence-electron chi connectivity index (χ4n) is 1.38. The second kappa shape index (κ2) is 4.59. The molecule has 0 bridgehead atoms. The van der Waals surface area contributed by atoms with Gasteiger partial charge in [-0.2, -0.15) is 0 Å². The maximum Gasteiger partial charge on any atom is 0.158 e. The summed E-state index contributed by atoms with van der Waals surface area (Å²) < 4.78 is 6.34. The molecule has 0 atom stereocenters. The van der Waals surface area contributed by atoms with Crippen LogP contribution in [-0.4, -0.2) is 11.6 Å². The van der Waals surface area contributed by atoms with E-state index in [9.17, 15) is 0 Å². The predicted octanol–water partition coefficient (Wildman–Crippen LogP) is 3.87. The van der Waals surface area contributed by atoms with Crippen LogP contribution in [0.1, 0.15) is 6.92 Å². The quantitative estimate of drug-likeness (QED) is 0.820. The molecule has 78 valence electrons. The molecule has 2 nitrogen and oxygen atoms in total. The molecule has 1 N–H and O–H groups in total. The summed E-state index contributed by atoms with van der Waals surface area (Å²) in [6, 6.07) is 7.95. The van der Waals surface area contributed by atoms with Gasteiger partial charge in [0.05, 0.1) is 12.3 Å². The number of hydrogen-bond donors (Lipinski definition) is 1. The summed E-state index contributed by atoms with van der Waals surface area (Å²) in [4.78, 5) is 3.14. The van der Waals surface area contributed by atoms with Gasteiger partial charge in [-0.1, -0.05) is 12.1 Å². The molecule has 4 heteroatoms. The standard InChI is InChI=1S/C11H11NOS2/c1-2-13-10-6-4-3-5-8(10)9-7-15-11(14)12-9/h3-7H,2H2,1H3,(H,12,14). The number of ether oxygens (including phenoxy) is 1. The summed E-state index contributed by atoms with van der Waals surface area (Å²) in [5.74, 6) is 0.893. The summed E-state index contributed by atoms with van der Waals surface area (Å²) >= 11 is 6.59. The maximum atomic E-state index is 5.55. The lowest BCUT2D eigenvalue weighted by Gasteiger charge is -2.07. The molecule has 2 rings (SSSR count). The molecule has 1 heterocycles. The van der Waals surface area contributed by atoms with Gasteiger partial charge in [-0.15, -0.1) is 11.3 Å². The molecular formula is C11H11NOS2. The Balaban J connectivity index is 2.47.